The van der Waals surface area contributed by atoms with Crippen molar-refractivity contribution in [1.29, 1.82) is 0 Å². The van der Waals surface area contributed by atoms with Crippen molar-refractivity contribution in [2.24, 2.45) is 20.0 Å². The van der Waals surface area contributed by atoms with E-state index in [0.717, 1.165) is 56.9 Å². The highest BCUT2D eigenvalue weighted by Crippen LogP contribution is 2.38. The molecule has 12 heteroatoms. The third kappa shape index (κ3) is 5.72. The van der Waals surface area contributed by atoms with E-state index in [1.165, 1.54) is 6.07 Å². The maximum atomic E-state index is 14.3. The maximum absolute atomic E-state index is 14.3. The van der Waals surface area contributed by atoms with Gasteiger partial charge in [0.15, 0.2) is 17.3 Å². The van der Waals surface area contributed by atoms with Crippen LogP contribution in [-0.2, 0) is 36.7 Å². The molecule has 0 spiro atoms. The number of halogens is 2. The molecule has 1 fully saturated rings. The molecule has 1 aliphatic rings. The van der Waals surface area contributed by atoms with Crippen LogP contribution in [0.5, 0.6) is 0 Å². The van der Waals surface area contributed by atoms with Gasteiger partial charge in [0.2, 0.25) is 0 Å². The Morgan fingerprint density at radius 2 is 1.83 bits per heavy atom. The second-order valence-corrected chi connectivity index (χ2v) is 11.8. The lowest BCUT2D eigenvalue weighted by atomic mass is 9.90. The van der Waals surface area contributed by atoms with Crippen LogP contribution in [0.15, 0.2) is 79.4 Å². The van der Waals surface area contributed by atoms with Gasteiger partial charge in [0, 0.05) is 68.3 Å². The molecule has 1 aliphatic heterocycles. The molecule has 7 rings (SSSR count). The molecule has 0 N–H and O–H groups in total. The van der Waals surface area contributed by atoms with Crippen LogP contribution < -0.4 is 0 Å². The zero-order valence-electron chi connectivity index (χ0n) is 25.6. The average molecular weight is 623 g/mol. The van der Waals surface area contributed by atoms with Gasteiger partial charge in [-0.25, -0.2) is 18.4 Å². The van der Waals surface area contributed by atoms with Crippen molar-refractivity contribution in [3.05, 3.63) is 113 Å². The summed E-state index contributed by atoms with van der Waals surface area (Å²) < 4.78 is 33.4. The zero-order chi connectivity index (χ0) is 31.9. The number of para-hydroxylation sites is 1. The predicted octanol–water partition coefficient (Wildman–Crippen LogP) is 5.45. The number of fused-ring (bicyclic) bond motifs is 1. The Labute approximate surface area is 263 Å². The molecule has 0 saturated carbocycles. The Bertz CT molecular complexity index is 2050. The van der Waals surface area contributed by atoms with Crippen LogP contribution in [0.3, 0.4) is 0 Å². The molecule has 0 amide bonds. The highest BCUT2D eigenvalue weighted by Gasteiger charge is 2.37. The minimum atomic E-state index is -0.953. The summed E-state index contributed by atoms with van der Waals surface area (Å²) in [6.07, 6.45) is 6.86. The first-order valence-electron chi connectivity index (χ1n) is 15.0. The average Bonchev–Trinajstić information content (AvgIpc) is 3.82. The Hall–Kier alpha value is -5.07. The summed E-state index contributed by atoms with van der Waals surface area (Å²) >= 11 is 0. The monoisotopic (exact) mass is 622 g/mol. The molecule has 4 aromatic heterocycles. The molecule has 1 saturated heterocycles. The number of ketones is 1. The van der Waals surface area contributed by atoms with E-state index in [1.54, 1.807) is 33.0 Å². The van der Waals surface area contributed by atoms with Gasteiger partial charge in [0.05, 0.1) is 36.0 Å². The van der Waals surface area contributed by atoms with Gasteiger partial charge in [-0.2, -0.15) is 20.4 Å². The number of pyridine rings is 1. The van der Waals surface area contributed by atoms with E-state index in [-0.39, 0.29) is 24.5 Å². The van der Waals surface area contributed by atoms with E-state index in [9.17, 15) is 13.6 Å². The molecule has 46 heavy (non-hydrogen) atoms. The van der Waals surface area contributed by atoms with Crippen LogP contribution in [0.25, 0.3) is 28.0 Å². The summed E-state index contributed by atoms with van der Waals surface area (Å²) in [7, 11) is 3.68. The summed E-state index contributed by atoms with van der Waals surface area (Å²) in [5.41, 5.74) is 6.23. The van der Waals surface area contributed by atoms with Gasteiger partial charge >= 0.3 is 0 Å². The van der Waals surface area contributed by atoms with Gasteiger partial charge in [0.25, 0.3) is 0 Å². The molecule has 2 aromatic carbocycles. The number of aryl methyl sites for hydroxylation is 2. The van der Waals surface area contributed by atoms with E-state index >= 15 is 0 Å². The minimum absolute atomic E-state index is 0.0167. The molecule has 0 aliphatic carbocycles. The van der Waals surface area contributed by atoms with Gasteiger partial charge in [-0.15, -0.1) is 0 Å². The van der Waals surface area contributed by atoms with Crippen molar-refractivity contribution in [3.63, 3.8) is 0 Å². The molecule has 10 nitrogen and oxygen atoms in total. The van der Waals surface area contributed by atoms with Crippen molar-refractivity contribution >= 4 is 16.8 Å². The highest BCUT2D eigenvalue weighted by atomic mass is 19.2. The third-order valence-electron chi connectivity index (χ3n) is 8.46. The molecule has 0 radical (unpaired) electrons. The third-order valence-corrected chi connectivity index (χ3v) is 8.46. The van der Waals surface area contributed by atoms with Crippen LogP contribution in [0.1, 0.15) is 34.9 Å². The van der Waals surface area contributed by atoms with Crippen molar-refractivity contribution < 1.29 is 18.4 Å². The number of carbonyl (C=O) groups excluding carboxylic acids is 1. The van der Waals surface area contributed by atoms with Gasteiger partial charge in [-0.05, 0) is 48.4 Å². The summed E-state index contributed by atoms with van der Waals surface area (Å²) in [5.74, 6) is -2.19. The quantitative estimate of drug-likeness (QED) is 0.212. The standard InChI is InChI=1S/C34H32F2N8O2/c1-21-31(44(27-7-5-4-6-8-27)40-32(21)24-11-25-17-39-42(3)34(25)37-16-24)14-28(45)12-26-20-43(19-22-15-38-41(2)18-22)46-33(26)23-9-10-29(35)30(36)13-23/h4-11,13,15-18,26,33H,12,14,19-20H2,1-3H3/t26-,33+/m1/s1. The fourth-order valence-electron chi connectivity index (χ4n) is 6.22. The molecule has 2 atom stereocenters. The summed E-state index contributed by atoms with van der Waals surface area (Å²) in [4.78, 5) is 24.8. The van der Waals surface area contributed by atoms with Crippen LogP contribution in [0.4, 0.5) is 8.78 Å². The SMILES string of the molecule is Cc1c(-c2cnc3c(cnn3C)c2)nn(-c2ccccc2)c1CC(=O)C[C@@H]1CN(Cc2cnn(C)c2)O[C@H]1c1ccc(F)c(F)c1. The van der Waals surface area contributed by atoms with Crippen LogP contribution in [-0.4, -0.2) is 51.7 Å². The van der Waals surface area contributed by atoms with Crippen molar-refractivity contribution in [1.82, 2.24) is 39.4 Å². The van der Waals surface area contributed by atoms with E-state index < -0.39 is 17.7 Å². The van der Waals surface area contributed by atoms with E-state index in [0.29, 0.717) is 18.7 Å². The van der Waals surface area contributed by atoms with Gasteiger partial charge in [0.1, 0.15) is 11.9 Å². The lowest BCUT2D eigenvalue weighted by Gasteiger charge is -2.18. The predicted molar refractivity (Wildman–Crippen MR) is 166 cm³/mol. The fraction of sp³-hybridized carbons (Fsp3) is 0.265. The number of carbonyl (C=O) groups is 1. The van der Waals surface area contributed by atoms with E-state index in [4.69, 9.17) is 9.94 Å². The van der Waals surface area contributed by atoms with E-state index in [1.807, 2.05) is 68.3 Å². The Morgan fingerprint density at radius 1 is 1.00 bits per heavy atom. The largest absolute Gasteiger partial charge is 0.299 e. The Kier molecular flexibility index (Phi) is 7.75. The molecule has 0 unspecified atom stereocenters. The number of rotatable bonds is 9. The van der Waals surface area contributed by atoms with Crippen LogP contribution in [0.2, 0.25) is 0 Å². The maximum Gasteiger partial charge on any atom is 0.159 e. The minimum Gasteiger partial charge on any atom is -0.299 e. The van der Waals surface area contributed by atoms with Gasteiger partial charge in [-0.3, -0.25) is 19.0 Å². The summed E-state index contributed by atoms with van der Waals surface area (Å²) in [6.45, 7) is 2.84. The number of benzene rings is 2. The van der Waals surface area contributed by atoms with Crippen molar-refractivity contribution in [2.45, 2.75) is 32.4 Å². The second kappa shape index (κ2) is 12.0. The molecule has 5 heterocycles. The fourth-order valence-corrected chi connectivity index (χ4v) is 6.22. The first-order chi connectivity index (χ1) is 22.2. The van der Waals surface area contributed by atoms with Crippen LogP contribution in [0, 0.1) is 24.5 Å². The van der Waals surface area contributed by atoms with Crippen molar-refractivity contribution in [3.8, 4) is 16.9 Å². The second-order valence-electron chi connectivity index (χ2n) is 11.8. The highest BCUT2D eigenvalue weighted by molar-refractivity contribution is 5.84. The van der Waals surface area contributed by atoms with Crippen molar-refractivity contribution in [2.75, 3.05) is 6.54 Å². The van der Waals surface area contributed by atoms with Gasteiger partial charge < -0.3 is 0 Å². The first-order valence-corrected chi connectivity index (χ1v) is 15.0. The van der Waals surface area contributed by atoms with Gasteiger partial charge in [-0.1, -0.05) is 24.3 Å². The number of nitrogens with zero attached hydrogens (tertiary/aromatic N) is 8. The molecular formula is C34H32F2N8O2. The number of hydrogen-bond acceptors (Lipinski definition) is 7. The lowest BCUT2D eigenvalue weighted by Crippen LogP contribution is -2.21. The number of hydroxylamine groups is 2. The van der Waals surface area contributed by atoms with Crippen LogP contribution >= 0.6 is 0 Å². The topological polar surface area (TPSA) is 95.9 Å². The normalized spacial score (nSPS) is 16.9. The summed E-state index contributed by atoms with van der Waals surface area (Å²) in [5, 5.41) is 16.2. The molecule has 6 aromatic rings. The lowest BCUT2D eigenvalue weighted by molar-refractivity contribution is -0.156. The number of hydrogen-bond donors (Lipinski definition) is 0. The van der Waals surface area contributed by atoms with E-state index in [2.05, 4.69) is 15.2 Å². The Balaban J connectivity index is 1.18. The molecule has 234 valence electrons. The zero-order valence-corrected chi connectivity index (χ0v) is 25.6. The number of aromatic nitrogens is 7. The molecular weight excluding hydrogens is 590 g/mol. The smallest absolute Gasteiger partial charge is 0.159 e. The molecule has 0 bridgehead atoms. The first kappa shape index (κ1) is 29.6. The Morgan fingerprint density at radius 3 is 2.59 bits per heavy atom. The summed E-state index contributed by atoms with van der Waals surface area (Å²) in [6, 6.07) is 15.5. The number of Topliss-reactive ketones (excluding diaryl/α,β-unsaturated/α-hetero) is 1.